The van der Waals surface area contributed by atoms with Crippen LogP contribution in [0.3, 0.4) is 0 Å². The van der Waals surface area contributed by atoms with Crippen LogP contribution in [-0.4, -0.2) is 30.4 Å². The maximum atomic E-state index is 12.5. The van der Waals surface area contributed by atoms with Gasteiger partial charge in [0.2, 0.25) is 0 Å². The van der Waals surface area contributed by atoms with Crippen molar-refractivity contribution in [2.75, 3.05) is 18.9 Å². The lowest BCUT2D eigenvalue weighted by molar-refractivity contribution is 0.0728. The zero-order valence-corrected chi connectivity index (χ0v) is 12.4. The van der Waals surface area contributed by atoms with Crippen molar-refractivity contribution in [3.63, 3.8) is 0 Å². The Kier molecular flexibility index (Phi) is 4.13. The Hall–Kier alpha value is -1.51. The Labute approximate surface area is 116 Å². The Morgan fingerprint density at radius 2 is 2.11 bits per heavy atom. The molecule has 0 spiro atoms. The van der Waals surface area contributed by atoms with Gasteiger partial charge in [0.05, 0.1) is 0 Å². The summed E-state index contributed by atoms with van der Waals surface area (Å²) in [6.45, 7) is 7.48. The van der Waals surface area contributed by atoms with Gasteiger partial charge in [-0.15, -0.1) is 0 Å². The molecule has 2 rings (SSSR count). The van der Waals surface area contributed by atoms with E-state index in [2.05, 4.69) is 26.1 Å². The van der Waals surface area contributed by atoms with E-state index in [-0.39, 0.29) is 11.9 Å². The zero-order valence-electron chi connectivity index (χ0n) is 12.4. The van der Waals surface area contributed by atoms with E-state index in [0.717, 1.165) is 24.9 Å². The van der Waals surface area contributed by atoms with Crippen LogP contribution < -0.4 is 5.32 Å². The molecule has 1 aliphatic rings. The van der Waals surface area contributed by atoms with Gasteiger partial charge in [-0.2, -0.15) is 0 Å². The maximum Gasteiger partial charge on any atom is 0.253 e. The van der Waals surface area contributed by atoms with E-state index in [0.29, 0.717) is 5.92 Å². The summed E-state index contributed by atoms with van der Waals surface area (Å²) in [5.74, 6) is 0.734. The summed E-state index contributed by atoms with van der Waals surface area (Å²) in [5, 5.41) is 3.32. The fourth-order valence-electron chi connectivity index (χ4n) is 2.68. The number of carbonyl (C=O) groups is 1. The topological polar surface area (TPSA) is 32.3 Å². The SMILES string of the molecule is CC(C)CC(C)N(C)C(=O)c1ccc2c(c1)CCN2. The quantitative estimate of drug-likeness (QED) is 0.902. The Balaban J connectivity index is 2.11. The second-order valence-electron chi connectivity index (χ2n) is 5.94. The molecule has 0 fully saturated rings. The van der Waals surface area contributed by atoms with Gasteiger partial charge >= 0.3 is 0 Å². The molecule has 0 bridgehead atoms. The molecule has 1 aromatic carbocycles. The lowest BCUT2D eigenvalue weighted by atomic mass is 10.0. The molecule has 19 heavy (non-hydrogen) atoms. The molecule has 1 aromatic rings. The number of hydrogen-bond donors (Lipinski definition) is 1. The zero-order chi connectivity index (χ0) is 14.0. The number of fused-ring (bicyclic) bond motifs is 1. The third-order valence-electron chi connectivity index (χ3n) is 3.86. The standard InChI is InChI=1S/C16H24N2O/c1-11(2)9-12(3)18(4)16(19)14-5-6-15-13(10-14)7-8-17-15/h5-6,10-12,17H,7-9H2,1-4H3. The minimum Gasteiger partial charge on any atom is -0.384 e. The first-order valence-corrected chi connectivity index (χ1v) is 7.13. The minimum absolute atomic E-state index is 0.128. The van der Waals surface area contributed by atoms with Crippen molar-refractivity contribution in [3.8, 4) is 0 Å². The summed E-state index contributed by atoms with van der Waals surface area (Å²) in [6, 6.07) is 6.27. The minimum atomic E-state index is 0.128. The number of benzene rings is 1. The second kappa shape index (κ2) is 5.64. The van der Waals surface area contributed by atoms with Crippen LogP contribution in [0.15, 0.2) is 18.2 Å². The molecule has 104 valence electrons. The second-order valence-corrected chi connectivity index (χ2v) is 5.94. The Bertz CT molecular complexity index is 468. The number of carbonyl (C=O) groups excluding carboxylic acids is 1. The fraction of sp³-hybridized carbons (Fsp3) is 0.562. The molecule has 0 saturated heterocycles. The van der Waals surface area contributed by atoms with Crippen molar-refractivity contribution in [2.45, 2.75) is 39.7 Å². The van der Waals surface area contributed by atoms with Gasteiger partial charge in [0.15, 0.2) is 0 Å². The Morgan fingerprint density at radius 1 is 1.37 bits per heavy atom. The van der Waals surface area contributed by atoms with E-state index >= 15 is 0 Å². The van der Waals surface area contributed by atoms with Crippen LogP contribution >= 0.6 is 0 Å². The molecule has 3 nitrogen and oxygen atoms in total. The number of anilines is 1. The molecule has 1 amide bonds. The van der Waals surface area contributed by atoms with E-state index in [9.17, 15) is 4.79 Å². The lowest BCUT2D eigenvalue weighted by Crippen LogP contribution is -2.35. The summed E-state index contributed by atoms with van der Waals surface area (Å²) in [5.41, 5.74) is 3.24. The Morgan fingerprint density at radius 3 is 2.79 bits per heavy atom. The molecule has 1 N–H and O–H groups in total. The van der Waals surface area contributed by atoms with Crippen molar-refractivity contribution in [1.82, 2.24) is 4.90 Å². The van der Waals surface area contributed by atoms with Crippen LogP contribution in [0.5, 0.6) is 0 Å². The van der Waals surface area contributed by atoms with Crippen molar-refractivity contribution in [1.29, 1.82) is 0 Å². The van der Waals surface area contributed by atoms with E-state index in [4.69, 9.17) is 0 Å². The van der Waals surface area contributed by atoms with Crippen molar-refractivity contribution >= 4 is 11.6 Å². The third-order valence-corrected chi connectivity index (χ3v) is 3.86. The monoisotopic (exact) mass is 260 g/mol. The maximum absolute atomic E-state index is 12.5. The van der Waals surface area contributed by atoms with E-state index in [1.165, 1.54) is 11.3 Å². The molecule has 1 aliphatic heterocycles. The molecule has 1 atom stereocenters. The predicted octanol–water partition coefficient (Wildman–Crippen LogP) is 3.16. The van der Waals surface area contributed by atoms with Gasteiger partial charge in [-0.25, -0.2) is 0 Å². The highest BCUT2D eigenvalue weighted by molar-refractivity contribution is 5.95. The number of hydrogen-bond acceptors (Lipinski definition) is 2. The fourth-order valence-corrected chi connectivity index (χ4v) is 2.68. The van der Waals surface area contributed by atoms with Gasteiger partial charge in [0, 0.05) is 30.9 Å². The summed E-state index contributed by atoms with van der Waals surface area (Å²) in [4.78, 5) is 14.3. The van der Waals surface area contributed by atoms with Crippen LogP contribution in [0.1, 0.15) is 43.1 Å². The summed E-state index contributed by atoms with van der Waals surface area (Å²) in [7, 11) is 1.90. The first kappa shape index (κ1) is 13.9. The molecule has 0 aliphatic carbocycles. The van der Waals surface area contributed by atoms with Crippen molar-refractivity contribution in [2.24, 2.45) is 5.92 Å². The van der Waals surface area contributed by atoms with Crippen LogP contribution in [-0.2, 0) is 6.42 Å². The van der Waals surface area contributed by atoms with Crippen molar-refractivity contribution in [3.05, 3.63) is 29.3 Å². The highest BCUT2D eigenvalue weighted by Gasteiger charge is 2.20. The summed E-state index contributed by atoms with van der Waals surface area (Å²) >= 11 is 0. The molecule has 1 heterocycles. The molecule has 0 aromatic heterocycles. The number of nitrogens with one attached hydrogen (secondary N) is 1. The van der Waals surface area contributed by atoms with Crippen LogP contribution in [0.2, 0.25) is 0 Å². The summed E-state index contributed by atoms with van der Waals surface area (Å²) in [6.07, 6.45) is 2.05. The highest BCUT2D eigenvalue weighted by atomic mass is 16.2. The molecular weight excluding hydrogens is 236 g/mol. The third kappa shape index (κ3) is 3.09. The predicted molar refractivity (Wildman–Crippen MR) is 79.6 cm³/mol. The molecule has 0 saturated carbocycles. The molecule has 1 unspecified atom stereocenters. The van der Waals surface area contributed by atoms with Gasteiger partial charge in [0.25, 0.3) is 5.91 Å². The number of nitrogens with zero attached hydrogens (tertiary/aromatic N) is 1. The largest absolute Gasteiger partial charge is 0.384 e. The van der Waals surface area contributed by atoms with Gasteiger partial charge in [-0.1, -0.05) is 13.8 Å². The van der Waals surface area contributed by atoms with Gasteiger partial charge in [-0.3, -0.25) is 4.79 Å². The normalized spacial score (nSPS) is 15.0. The highest BCUT2D eigenvalue weighted by Crippen LogP contribution is 2.24. The summed E-state index contributed by atoms with van der Waals surface area (Å²) < 4.78 is 0. The van der Waals surface area contributed by atoms with Gasteiger partial charge < -0.3 is 10.2 Å². The average molecular weight is 260 g/mol. The first-order chi connectivity index (χ1) is 8.99. The van der Waals surface area contributed by atoms with E-state index < -0.39 is 0 Å². The van der Waals surface area contributed by atoms with Gasteiger partial charge in [0.1, 0.15) is 0 Å². The molecule has 3 heteroatoms. The van der Waals surface area contributed by atoms with E-state index in [1.54, 1.807) is 0 Å². The molecular formula is C16H24N2O. The number of amides is 1. The average Bonchev–Trinajstić information content (AvgIpc) is 2.83. The van der Waals surface area contributed by atoms with Crippen LogP contribution in [0.4, 0.5) is 5.69 Å². The van der Waals surface area contributed by atoms with Crippen molar-refractivity contribution < 1.29 is 4.79 Å². The van der Waals surface area contributed by atoms with Gasteiger partial charge in [-0.05, 0) is 49.4 Å². The smallest absolute Gasteiger partial charge is 0.253 e. The van der Waals surface area contributed by atoms with E-state index in [1.807, 2.05) is 30.1 Å². The number of rotatable bonds is 4. The molecule has 0 radical (unpaired) electrons. The van der Waals surface area contributed by atoms with Crippen LogP contribution in [0, 0.1) is 5.92 Å². The van der Waals surface area contributed by atoms with Crippen LogP contribution in [0.25, 0.3) is 0 Å². The lowest BCUT2D eigenvalue weighted by Gasteiger charge is -2.26. The first-order valence-electron chi connectivity index (χ1n) is 7.13.